The topological polar surface area (TPSA) is 71.6 Å². The largest absolute Gasteiger partial charge is 0.369 e. The highest BCUT2D eigenvalue weighted by molar-refractivity contribution is 6.09. The van der Waals surface area contributed by atoms with Crippen LogP contribution < -0.4 is 5.73 Å². The monoisotopic (exact) mass is 392 g/mol. The number of likely N-dealkylation sites (N-methyl/N-ethyl adjacent to an activating group) is 1. The zero-order valence-corrected chi connectivity index (χ0v) is 16.5. The van der Waals surface area contributed by atoms with Crippen molar-refractivity contribution in [3.05, 3.63) is 102 Å². The van der Waals surface area contributed by atoms with E-state index in [0.717, 1.165) is 33.2 Å². The fourth-order valence-corrected chi connectivity index (χ4v) is 4.13. The molecule has 30 heavy (non-hydrogen) atoms. The molecule has 3 aromatic carbocycles. The van der Waals surface area contributed by atoms with E-state index in [9.17, 15) is 4.79 Å². The number of aliphatic imine (C=N–C) groups is 1. The molecule has 2 heterocycles. The molecule has 0 spiro atoms. The van der Waals surface area contributed by atoms with Gasteiger partial charge in [-0.2, -0.15) is 0 Å². The van der Waals surface area contributed by atoms with Gasteiger partial charge in [0.15, 0.2) is 11.5 Å². The molecule has 1 unspecified atom stereocenters. The Hall–Kier alpha value is -3.99. The minimum absolute atomic E-state index is 0.164. The van der Waals surface area contributed by atoms with Crippen molar-refractivity contribution in [1.82, 2.24) is 9.88 Å². The number of amides is 1. The smallest absolute Gasteiger partial charge is 0.266 e. The minimum Gasteiger partial charge on any atom is -0.369 e. The number of hydrogen-bond acceptors (Lipinski definition) is 4. The number of rotatable bonds is 3. The van der Waals surface area contributed by atoms with E-state index in [4.69, 9.17) is 5.73 Å². The summed E-state index contributed by atoms with van der Waals surface area (Å²) in [5, 5.41) is 1.06. The first-order chi connectivity index (χ1) is 14.6. The summed E-state index contributed by atoms with van der Waals surface area (Å²) in [6, 6.07) is 27.6. The van der Waals surface area contributed by atoms with Gasteiger partial charge in [-0.1, -0.05) is 66.7 Å². The van der Waals surface area contributed by atoms with Gasteiger partial charge in [-0.25, -0.2) is 4.99 Å². The van der Waals surface area contributed by atoms with E-state index >= 15 is 0 Å². The third kappa shape index (κ3) is 2.59. The van der Waals surface area contributed by atoms with Crippen LogP contribution in [0.2, 0.25) is 0 Å². The zero-order valence-electron chi connectivity index (χ0n) is 16.5. The van der Waals surface area contributed by atoms with Crippen molar-refractivity contribution in [2.75, 3.05) is 7.05 Å². The molecule has 1 aliphatic heterocycles. The maximum Gasteiger partial charge on any atom is 0.266 e. The van der Waals surface area contributed by atoms with E-state index < -0.39 is 5.54 Å². The van der Waals surface area contributed by atoms with Gasteiger partial charge in [0.25, 0.3) is 5.91 Å². The van der Waals surface area contributed by atoms with Crippen LogP contribution in [0.15, 0.2) is 96.1 Å². The van der Waals surface area contributed by atoms with Crippen LogP contribution in [0.25, 0.3) is 22.0 Å². The average Bonchev–Trinajstić information content (AvgIpc) is 3.04. The second-order valence-electron chi connectivity index (χ2n) is 7.37. The molecule has 5 rings (SSSR count). The number of aromatic nitrogens is 1. The molecule has 1 aliphatic rings. The molecule has 1 amide bonds. The predicted molar refractivity (Wildman–Crippen MR) is 119 cm³/mol. The molecular weight excluding hydrogens is 372 g/mol. The third-order valence-corrected chi connectivity index (χ3v) is 5.67. The standard InChI is InChI=1S/C25H20N4O/c1-29-23(30)25(28-24(29)26,18-9-3-2-4-10-18)19-11-5-8-17(16-19)20-12-6-14-22-21(20)13-7-15-27-22/h2-16H,1H3,(H2,26,28). The highest BCUT2D eigenvalue weighted by Crippen LogP contribution is 2.41. The summed E-state index contributed by atoms with van der Waals surface area (Å²) in [6.45, 7) is 0. The van der Waals surface area contributed by atoms with Crippen LogP contribution in [0.5, 0.6) is 0 Å². The van der Waals surface area contributed by atoms with E-state index in [0.29, 0.717) is 0 Å². The highest BCUT2D eigenvalue weighted by atomic mass is 16.2. The van der Waals surface area contributed by atoms with Gasteiger partial charge in [0.2, 0.25) is 0 Å². The molecule has 1 atom stereocenters. The number of nitrogens with zero attached hydrogens (tertiary/aromatic N) is 3. The van der Waals surface area contributed by atoms with E-state index in [2.05, 4.69) is 22.1 Å². The quantitative estimate of drug-likeness (QED) is 0.574. The number of carbonyl (C=O) groups excluding carboxylic acids is 1. The first-order valence-corrected chi connectivity index (χ1v) is 9.75. The van der Waals surface area contributed by atoms with Crippen LogP contribution in [0.4, 0.5) is 0 Å². The van der Waals surface area contributed by atoms with Gasteiger partial charge < -0.3 is 5.73 Å². The van der Waals surface area contributed by atoms with Crippen molar-refractivity contribution >= 4 is 22.8 Å². The Morgan fingerprint density at radius 1 is 0.867 bits per heavy atom. The molecular formula is C25H20N4O. The molecule has 5 heteroatoms. The number of pyridine rings is 1. The fraction of sp³-hybridized carbons (Fsp3) is 0.0800. The van der Waals surface area contributed by atoms with E-state index in [-0.39, 0.29) is 11.9 Å². The van der Waals surface area contributed by atoms with Gasteiger partial charge in [-0.15, -0.1) is 0 Å². The molecule has 4 aromatic rings. The highest BCUT2D eigenvalue weighted by Gasteiger charge is 2.49. The summed E-state index contributed by atoms with van der Waals surface area (Å²) in [5.41, 5.74) is 9.45. The first-order valence-electron chi connectivity index (χ1n) is 9.75. The second kappa shape index (κ2) is 6.81. The summed E-state index contributed by atoms with van der Waals surface area (Å²) in [4.78, 5) is 24.0. The number of nitrogens with two attached hydrogens (primary N) is 1. The zero-order chi connectivity index (χ0) is 20.7. The molecule has 146 valence electrons. The van der Waals surface area contributed by atoms with Gasteiger partial charge in [0, 0.05) is 18.6 Å². The maximum absolute atomic E-state index is 13.4. The molecule has 0 radical (unpaired) electrons. The predicted octanol–water partition coefficient (Wildman–Crippen LogP) is 3.93. The van der Waals surface area contributed by atoms with Gasteiger partial charge in [0.05, 0.1) is 5.52 Å². The van der Waals surface area contributed by atoms with Crippen LogP contribution in [0.3, 0.4) is 0 Å². The molecule has 5 nitrogen and oxygen atoms in total. The Bertz CT molecular complexity index is 1290. The van der Waals surface area contributed by atoms with Crippen molar-refractivity contribution < 1.29 is 4.79 Å². The Morgan fingerprint density at radius 2 is 1.63 bits per heavy atom. The summed E-state index contributed by atoms with van der Waals surface area (Å²) in [7, 11) is 1.66. The SMILES string of the molecule is CN1C(=O)C(c2ccccc2)(c2cccc(-c3cccc4ncccc34)c2)N=C1N. The van der Waals surface area contributed by atoms with Gasteiger partial charge in [-0.05, 0) is 40.5 Å². The Kier molecular flexibility index (Phi) is 4.10. The number of carbonyl (C=O) groups is 1. The Morgan fingerprint density at radius 3 is 2.40 bits per heavy atom. The summed E-state index contributed by atoms with van der Waals surface area (Å²) >= 11 is 0. The van der Waals surface area contributed by atoms with E-state index in [1.54, 1.807) is 13.2 Å². The number of guanidine groups is 1. The molecule has 1 aromatic heterocycles. The first kappa shape index (κ1) is 18.1. The van der Waals surface area contributed by atoms with E-state index in [1.165, 1.54) is 4.90 Å². The molecule has 0 aliphatic carbocycles. The van der Waals surface area contributed by atoms with Crippen molar-refractivity contribution in [3.63, 3.8) is 0 Å². The molecule has 0 bridgehead atoms. The molecule has 0 saturated carbocycles. The summed E-state index contributed by atoms with van der Waals surface area (Å²) < 4.78 is 0. The lowest BCUT2D eigenvalue weighted by Gasteiger charge is -2.26. The fourth-order valence-electron chi connectivity index (χ4n) is 4.13. The molecule has 0 fully saturated rings. The van der Waals surface area contributed by atoms with Crippen LogP contribution in [-0.2, 0) is 10.3 Å². The number of benzene rings is 3. The lowest BCUT2D eigenvalue weighted by Crippen LogP contribution is -2.41. The summed E-state index contributed by atoms with van der Waals surface area (Å²) in [6.07, 6.45) is 1.79. The van der Waals surface area contributed by atoms with Crippen molar-refractivity contribution in [1.29, 1.82) is 0 Å². The summed E-state index contributed by atoms with van der Waals surface area (Å²) in [5.74, 6) is 0.0477. The lowest BCUT2D eigenvalue weighted by molar-refractivity contribution is -0.129. The van der Waals surface area contributed by atoms with Crippen LogP contribution in [0.1, 0.15) is 11.1 Å². The average molecular weight is 392 g/mol. The molecule has 0 saturated heterocycles. The number of hydrogen-bond donors (Lipinski definition) is 1. The number of fused-ring (bicyclic) bond motifs is 1. The Labute approximate surface area is 174 Å². The maximum atomic E-state index is 13.4. The van der Waals surface area contributed by atoms with E-state index in [1.807, 2.05) is 72.8 Å². The van der Waals surface area contributed by atoms with Gasteiger partial charge >= 0.3 is 0 Å². The Balaban J connectivity index is 1.75. The second-order valence-corrected chi connectivity index (χ2v) is 7.37. The van der Waals surface area contributed by atoms with Crippen LogP contribution in [0, 0.1) is 0 Å². The van der Waals surface area contributed by atoms with Crippen LogP contribution >= 0.6 is 0 Å². The lowest BCUT2D eigenvalue weighted by atomic mass is 9.81. The third-order valence-electron chi connectivity index (χ3n) is 5.67. The minimum atomic E-state index is -1.20. The van der Waals surface area contributed by atoms with Gasteiger partial charge in [-0.3, -0.25) is 14.7 Å². The van der Waals surface area contributed by atoms with Crippen molar-refractivity contribution in [2.24, 2.45) is 10.7 Å². The van der Waals surface area contributed by atoms with Crippen molar-refractivity contribution in [3.8, 4) is 11.1 Å². The van der Waals surface area contributed by atoms with Crippen molar-refractivity contribution in [2.45, 2.75) is 5.54 Å². The normalized spacial score (nSPS) is 18.6. The molecule has 2 N–H and O–H groups in total. The van der Waals surface area contributed by atoms with Gasteiger partial charge in [0.1, 0.15) is 0 Å². The van der Waals surface area contributed by atoms with Crippen LogP contribution in [-0.4, -0.2) is 28.8 Å².